The van der Waals surface area contributed by atoms with Crippen molar-refractivity contribution in [1.29, 1.82) is 0 Å². The van der Waals surface area contributed by atoms with Gasteiger partial charge in [0.05, 0.1) is 26.3 Å². The third kappa shape index (κ3) is 6.03. The number of aromatic nitrogens is 2. The van der Waals surface area contributed by atoms with Crippen LogP contribution in [0.15, 0.2) is 101 Å². The molecule has 0 saturated heterocycles. The molecular formula is C30H21F3IN3O2. The maximum absolute atomic E-state index is 13.4. The summed E-state index contributed by atoms with van der Waals surface area (Å²) in [4.78, 5) is 17.8. The van der Waals surface area contributed by atoms with Gasteiger partial charge in [0.15, 0.2) is 5.82 Å². The molecule has 4 aromatic carbocycles. The predicted molar refractivity (Wildman–Crippen MR) is 154 cm³/mol. The molecule has 0 aliphatic rings. The van der Waals surface area contributed by atoms with Crippen molar-refractivity contribution in [2.75, 3.05) is 0 Å². The molecule has 196 valence electrons. The van der Waals surface area contributed by atoms with Crippen LogP contribution in [-0.4, -0.2) is 15.9 Å². The summed E-state index contributed by atoms with van der Waals surface area (Å²) >= 11 is 2.16. The van der Waals surface area contributed by atoms with Gasteiger partial charge >= 0.3 is 6.18 Å². The molecule has 39 heavy (non-hydrogen) atoms. The molecule has 0 radical (unpaired) electrons. The Morgan fingerprint density at radius 2 is 1.77 bits per heavy atom. The molecule has 1 heterocycles. The molecular weight excluding hydrogens is 618 g/mol. The van der Waals surface area contributed by atoms with Gasteiger partial charge in [0, 0.05) is 5.56 Å². The number of rotatable bonds is 6. The number of alkyl halides is 3. The number of benzene rings is 4. The summed E-state index contributed by atoms with van der Waals surface area (Å²) in [6.07, 6.45) is -3.07. The smallest absolute Gasteiger partial charge is 0.416 e. The van der Waals surface area contributed by atoms with Crippen molar-refractivity contribution in [3.05, 3.63) is 127 Å². The first-order valence-electron chi connectivity index (χ1n) is 11.9. The zero-order valence-corrected chi connectivity index (χ0v) is 22.8. The van der Waals surface area contributed by atoms with Crippen LogP contribution >= 0.6 is 22.6 Å². The van der Waals surface area contributed by atoms with E-state index in [2.05, 4.69) is 38.7 Å². The average molecular weight is 639 g/mol. The number of hydrogen-bond donors (Lipinski definition) is 0. The predicted octanol–water partition coefficient (Wildman–Crippen LogP) is 7.46. The molecule has 0 saturated carbocycles. The molecule has 5 nitrogen and oxygen atoms in total. The topological polar surface area (TPSA) is 56.5 Å². The van der Waals surface area contributed by atoms with Crippen molar-refractivity contribution < 1.29 is 17.9 Å². The minimum absolute atomic E-state index is 0.00820. The van der Waals surface area contributed by atoms with Gasteiger partial charge in [-0.1, -0.05) is 54.1 Å². The van der Waals surface area contributed by atoms with Crippen molar-refractivity contribution in [1.82, 2.24) is 9.66 Å². The van der Waals surface area contributed by atoms with Crippen molar-refractivity contribution in [3.63, 3.8) is 0 Å². The lowest BCUT2D eigenvalue weighted by Crippen LogP contribution is -2.20. The van der Waals surface area contributed by atoms with Crippen molar-refractivity contribution in [2.45, 2.75) is 19.7 Å². The minimum Gasteiger partial charge on any atom is -0.488 e. The van der Waals surface area contributed by atoms with E-state index < -0.39 is 17.3 Å². The summed E-state index contributed by atoms with van der Waals surface area (Å²) < 4.78 is 48.0. The van der Waals surface area contributed by atoms with Gasteiger partial charge in [-0.15, -0.1) is 0 Å². The standard InChI is InChI=1S/C30H21F3IN3O2/c1-19-6-4-7-21(14-19)18-39-27-13-12-20(15-25(27)34)17-35-37-28(22-8-5-9-23(16-22)30(31,32)33)36-26-11-3-2-10-24(26)29(37)38/h2-17H,18H2,1H3. The maximum Gasteiger partial charge on any atom is 0.416 e. The second kappa shape index (κ2) is 11.0. The Hall–Kier alpha value is -3.99. The van der Waals surface area contributed by atoms with Crippen LogP contribution in [0.1, 0.15) is 22.3 Å². The molecule has 0 N–H and O–H groups in total. The largest absolute Gasteiger partial charge is 0.488 e. The van der Waals surface area contributed by atoms with Gasteiger partial charge in [-0.05, 0) is 83.1 Å². The molecule has 0 aliphatic carbocycles. The van der Waals surface area contributed by atoms with E-state index in [1.807, 2.05) is 37.3 Å². The molecule has 0 aliphatic heterocycles. The third-order valence-corrected chi connectivity index (χ3v) is 6.80. The van der Waals surface area contributed by atoms with Crippen LogP contribution in [0, 0.1) is 10.5 Å². The van der Waals surface area contributed by atoms with Gasteiger partial charge in [-0.3, -0.25) is 4.79 Å². The zero-order chi connectivity index (χ0) is 27.6. The van der Waals surface area contributed by atoms with Gasteiger partial charge in [-0.25, -0.2) is 4.98 Å². The number of para-hydroxylation sites is 1. The third-order valence-electron chi connectivity index (χ3n) is 5.96. The van der Waals surface area contributed by atoms with Gasteiger partial charge in [-0.2, -0.15) is 22.9 Å². The highest BCUT2D eigenvalue weighted by Crippen LogP contribution is 2.32. The van der Waals surface area contributed by atoms with Gasteiger partial charge in [0.25, 0.3) is 5.56 Å². The monoisotopic (exact) mass is 639 g/mol. The first kappa shape index (κ1) is 26.6. The van der Waals surface area contributed by atoms with Crippen LogP contribution in [0.4, 0.5) is 13.2 Å². The number of hydrogen-bond acceptors (Lipinski definition) is 4. The van der Waals surface area contributed by atoms with Gasteiger partial charge in [0.2, 0.25) is 0 Å². The van der Waals surface area contributed by atoms with Gasteiger partial charge in [0.1, 0.15) is 12.4 Å². The Morgan fingerprint density at radius 1 is 0.974 bits per heavy atom. The van der Waals surface area contributed by atoms with Crippen LogP contribution in [0.5, 0.6) is 5.75 Å². The highest BCUT2D eigenvalue weighted by molar-refractivity contribution is 14.1. The summed E-state index contributed by atoms with van der Waals surface area (Å²) in [5.41, 5.74) is 2.05. The van der Waals surface area contributed by atoms with E-state index in [9.17, 15) is 18.0 Å². The Labute approximate surface area is 235 Å². The lowest BCUT2D eigenvalue weighted by molar-refractivity contribution is -0.137. The highest BCUT2D eigenvalue weighted by atomic mass is 127. The molecule has 0 bridgehead atoms. The highest BCUT2D eigenvalue weighted by Gasteiger charge is 2.31. The number of halogens is 4. The molecule has 1 aromatic heterocycles. The Morgan fingerprint density at radius 3 is 2.54 bits per heavy atom. The second-order valence-corrected chi connectivity index (χ2v) is 10.0. The van der Waals surface area contributed by atoms with Crippen LogP contribution in [0.25, 0.3) is 22.3 Å². The molecule has 0 spiro atoms. The van der Waals surface area contributed by atoms with E-state index in [4.69, 9.17) is 4.74 Å². The second-order valence-electron chi connectivity index (χ2n) is 8.86. The quantitative estimate of drug-likeness (QED) is 0.143. The summed E-state index contributed by atoms with van der Waals surface area (Å²) in [5, 5.41) is 4.67. The number of ether oxygens (including phenoxy) is 1. The Bertz CT molecular complexity index is 1760. The Balaban J connectivity index is 1.50. The first-order chi connectivity index (χ1) is 18.7. The Kier molecular flexibility index (Phi) is 7.51. The molecule has 0 amide bonds. The molecule has 5 aromatic rings. The molecule has 9 heteroatoms. The summed E-state index contributed by atoms with van der Waals surface area (Å²) in [6.45, 7) is 2.44. The fraction of sp³-hybridized carbons (Fsp3) is 0.100. The molecule has 5 rings (SSSR count). The van der Waals surface area contributed by atoms with Crippen LogP contribution in [0.2, 0.25) is 0 Å². The van der Waals surface area contributed by atoms with E-state index in [1.165, 1.54) is 18.3 Å². The normalized spacial score (nSPS) is 11.8. The van der Waals surface area contributed by atoms with Gasteiger partial charge < -0.3 is 4.74 Å². The first-order valence-corrected chi connectivity index (χ1v) is 13.0. The molecule has 0 fully saturated rings. The van der Waals surface area contributed by atoms with Crippen molar-refractivity contribution in [2.24, 2.45) is 5.10 Å². The average Bonchev–Trinajstić information content (AvgIpc) is 2.91. The van der Waals surface area contributed by atoms with E-state index in [1.54, 1.807) is 30.3 Å². The fourth-order valence-corrected chi connectivity index (χ4v) is 4.75. The van der Waals surface area contributed by atoms with E-state index in [0.717, 1.165) is 31.5 Å². The summed E-state index contributed by atoms with van der Waals surface area (Å²) in [6, 6.07) is 24.9. The van der Waals surface area contributed by atoms with Crippen molar-refractivity contribution >= 4 is 39.7 Å². The number of fused-ring (bicyclic) bond motifs is 1. The fourth-order valence-electron chi connectivity index (χ4n) is 4.05. The van der Waals surface area contributed by atoms with E-state index >= 15 is 0 Å². The number of nitrogens with zero attached hydrogens (tertiary/aromatic N) is 3. The minimum atomic E-state index is -4.54. The van der Waals surface area contributed by atoms with Crippen LogP contribution in [-0.2, 0) is 12.8 Å². The molecule has 0 unspecified atom stereocenters. The van der Waals surface area contributed by atoms with E-state index in [0.29, 0.717) is 28.8 Å². The SMILES string of the molecule is Cc1cccc(COc2ccc(C=Nn3c(-c4cccc(C(F)(F)F)c4)nc4ccccc4c3=O)cc2I)c1. The van der Waals surface area contributed by atoms with Crippen LogP contribution < -0.4 is 10.3 Å². The summed E-state index contributed by atoms with van der Waals surface area (Å²) in [5.74, 6) is 0.706. The van der Waals surface area contributed by atoms with Crippen LogP contribution in [0.3, 0.4) is 0 Å². The lowest BCUT2D eigenvalue weighted by Gasteiger charge is -2.12. The number of aryl methyl sites for hydroxylation is 1. The summed E-state index contributed by atoms with van der Waals surface area (Å²) in [7, 11) is 0. The van der Waals surface area contributed by atoms with Crippen molar-refractivity contribution in [3.8, 4) is 17.1 Å². The zero-order valence-electron chi connectivity index (χ0n) is 20.6. The molecule has 0 atom stereocenters. The van der Waals surface area contributed by atoms with E-state index in [-0.39, 0.29) is 11.4 Å². The maximum atomic E-state index is 13.4. The lowest BCUT2D eigenvalue weighted by atomic mass is 10.1.